The molecule has 0 atom stereocenters. The molecule has 1 aliphatic heterocycles. The Labute approximate surface area is 235 Å². The lowest BCUT2D eigenvalue weighted by atomic mass is 10.1. The minimum atomic E-state index is -4.86. The SMILES string of the molecule is CCN1CCN(c2cc(NC(=O)c3ccc(C)c(-n4cc(-c5cnn(C)c5C)nn4)c3)cc(OC(F)(F)F)c2)CC1. The topological polar surface area (TPSA) is 93.3 Å². The molecule has 1 N–H and O–H groups in total. The van der Waals surface area contributed by atoms with E-state index in [1.54, 1.807) is 46.0 Å². The van der Waals surface area contributed by atoms with Crippen LogP contribution in [0.15, 0.2) is 48.8 Å². The van der Waals surface area contributed by atoms with Gasteiger partial charge >= 0.3 is 6.36 Å². The van der Waals surface area contributed by atoms with Crippen molar-refractivity contribution in [3.63, 3.8) is 0 Å². The van der Waals surface area contributed by atoms with Crippen LogP contribution in [0.2, 0.25) is 0 Å². The van der Waals surface area contributed by atoms with Crippen LogP contribution in [0.4, 0.5) is 24.5 Å². The van der Waals surface area contributed by atoms with Crippen molar-refractivity contribution in [3.8, 4) is 22.7 Å². The molecule has 1 fully saturated rings. The number of nitrogens with one attached hydrogen (secondary N) is 1. The largest absolute Gasteiger partial charge is 0.573 e. The van der Waals surface area contributed by atoms with Gasteiger partial charge in [0.15, 0.2) is 0 Å². The smallest absolute Gasteiger partial charge is 0.406 e. The minimum absolute atomic E-state index is 0.196. The van der Waals surface area contributed by atoms with Crippen molar-refractivity contribution in [2.45, 2.75) is 27.1 Å². The number of aryl methyl sites for hydroxylation is 2. The van der Waals surface area contributed by atoms with Crippen molar-refractivity contribution in [1.82, 2.24) is 29.7 Å². The number of carbonyl (C=O) groups is 1. The van der Waals surface area contributed by atoms with E-state index in [2.05, 4.69) is 37.3 Å². The fraction of sp³-hybridized carbons (Fsp3) is 0.357. The number of halogens is 3. The van der Waals surface area contributed by atoms with Crippen molar-refractivity contribution < 1.29 is 22.7 Å². The number of aromatic nitrogens is 5. The fourth-order valence-corrected chi connectivity index (χ4v) is 4.81. The van der Waals surface area contributed by atoms with Gasteiger partial charge in [-0.25, -0.2) is 4.68 Å². The third kappa shape index (κ3) is 6.35. The number of anilines is 2. The van der Waals surface area contributed by atoms with Gasteiger partial charge in [-0.05, 0) is 44.2 Å². The molecule has 5 rings (SSSR count). The lowest BCUT2D eigenvalue weighted by Crippen LogP contribution is -2.46. The average Bonchev–Trinajstić information content (AvgIpc) is 3.54. The maximum absolute atomic E-state index is 13.3. The maximum atomic E-state index is 13.3. The Morgan fingerprint density at radius 3 is 2.49 bits per heavy atom. The highest BCUT2D eigenvalue weighted by molar-refractivity contribution is 6.05. The zero-order valence-electron chi connectivity index (χ0n) is 23.2. The van der Waals surface area contributed by atoms with E-state index < -0.39 is 18.0 Å². The van der Waals surface area contributed by atoms with Crippen LogP contribution in [0, 0.1) is 13.8 Å². The van der Waals surface area contributed by atoms with Gasteiger partial charge in [0.1, 0.15) is 11.4 Å². The zero-order chi connectivity index (χ0) is 29.3. The number of alkyl halides is 3. The summed E-state index contributed by atoms with van der Waals surface area (Å²) >= 11 is 0. The van der Waals surface area contributed by atoms with Gasteiger partial charge in [-0.1, -0.05) is 18.2 Å². The summed E-state index contributed by atoms with van der Waals surface area (Å²) < 4.78 is 46.9. The Kier molecular flexibility index (Phi) is 7.72. The molecule has 0 spiro atoms. The van der Waals surface area contributed by atoms with Gasteiger partial charge in [-0.2, -0.15) is 5.10 Å². The third-order valence-corrected chi connectivity index (χ3v) is 7.29. The highest BCUT2D eigenvalue weighted by atomic mass is 19.4. The number of amides is 1. The van der Waals surface area contributed by atoms with Crippen LogP contribution in [0.5, 0.6) is 5.75 Å². The molecule has 1 saturated heterocycles. The highest BCUT2D eigenvalue weighted by Gasteiger charge is 2.32. The van der Waals surface area contributed by atoms with Crippen LogP contribution in [0.3, 0.4) is 0 Å². The van der Waals surface area contributed by atoms with E-state index in [4.69, 9.17) is 0 Å². The number of likely N-dealkylation sites (N-methyl/N-ethyl adjacent to an activating group) is 1. The summed E-state index contributed by atoms with van der Waals surface area (Å²) in [7, 11) is 1.84. The minimum Gasteiger partial charge on any atom is -0.406 e. The highest BCUT2D eigenvalue weighted by Crippen LogP contribution is 2.32. The second-order valence-electron chi connectivity index (χ2n) is 9.96. The van der Waals surface area contributed by atoms with Crippen LogP contribution < -0.4 is 15.0 Å². The van der Waals surface area contributed by atoms with Crippen molar-refractivity contribution >= 4 is 17.3 Å². The number of rotatable bonds is 7. The van der Waals surface area contributed by atoms with E-state index in [9.17, 15) is 18.0 Å². The molecule has 0 radical (unpaired) electrons. The van der Waals surface area contributed by atoms with Crippen molar-refractivity contribution in [2.24, 2.45) is 7.05 Å². The molecule has 0 saturated carbocycles. The number of nitrogens with zero attached hydrogens (tertiary/aromatic N) is 7. The van der Waals surface area contributed by atoms with Crippen LogP contribution in [0.25, 0.3) is 16.9 Å². The van der Waals surface area contributed by atoms with E-state index in [0.29, 0.717) is 35.7 Å². The summed E-state index contributed by atoms with van der Waals surface area (Å²) in [6.07, 6.45) is -1.39. The molecule has 2 aromatic carbocycles. The normalized spacial score (nSPS) is 14.4. The van der Waals surface area contributed by atoms with Gasteiger partial charge in [0.25, 0.3) is 5.91 Å². The number of hydrogen-bond donors (Lipinski definition) is 1. The Bertz CT molecular complexity index is 1550. The molecular weight excluding hydrogens is 537 g/mol. The first-order chi connectivity index (χ1) is 19.5. The summed E-state index contributed by atoms with van der Waals surface area (Å²) in [6, 6.07) is 9.28. The van der Waals surface area contributed by atoms with E-state index >= 15 is 0 Å². The van der Waals surface area contributed by atoms with Crippen molar-refractivity contribution in [1.29, 1.82) is 0 Å². The fourth-order valence-electron chi connectivity index (χ4n) is 4.81. The molecule has 0 aliphatic carbocycles. The van der Waals surface area contributed by atoms with E-state index in [-0.39, 0.29) is 5.69 Å². The van der Waals surface area contributed by atoms with Gasteiger partial charge in [0, 0.05) is 73.6 Å². The second-order valence-corrected chi connectivity index (χ2v) is 9.96. The summed E-state index contributed by atoms with van der Waals surface area (Å²) in [6.45, 7) is 9.68. The Morgan fingerprint density at radius 1 is 1.07 bits per heavy atom. The third-order valence-electron chi connectivity index (χ3n) is 7.29. The lowest BCUT2D eigenvalue weighted by molar-refractivity contribution is -0.274. The molecule has 13 heteroatoms. The van der Waals surface area contributed by atoms with Gasteiger partial charge in [0.2, 0.25) is 0 Å². The van der Waals surface area contributed by atoms with Crippen molar-refractivity contribution in [2.75, 3.05) is 42.9 Å². The van der Waals surface area contributed by atoms with Gasteiger partial charge in [-0.15, -0.1) is 18.3 Å². The monoisotopic (exact) mass is 568 g/mol. The maximum Gasteiger partial charge on any atom is 0.573 e. The summed E-state index contributed by atoms with van der Waals surface area (Å²) in [5.74, 6) is -0.880. The van der Waals surface area contributed by atoms with E-state index in [1.165, 1.54) is 12.1 Å². The molecule has 216 valence electrons. The Hall–Kier alpha value is -4.39. The molecule has 2 aromatic heterocycles. The van der Waals surface area contributed by atoms with Crippen LogP contribution in [-0.4, -0.2) is 74.7 Å². The molecule has 0 bridgehead atoms. The Morgan fingerprint density at radius 2 is 1.83 bits per heavy atom. The molecule has 41 heavy (non-hydrogen) atoms. The van der Waals surface area contributed by atoms with Gasteiger partial charge < -0.3 is 19.9 Å². The molecule has 0 unspecified atom stereocenters. The number of benzene rings is 2. The molecule has 4 aromatic rings. The number of hydrogen-bond acceptors (Lipinski definition) is 7. The van der Waals surface area contributed by atoms with E-state index in [1.807, 2.05) is 25.8 Å². The predicted octanol–water partition coefficient (Wildman–Crippen LogP) is 4.58. The number of carbonyl (C=O) groups excluding carboxylic acids is 1. The van der Waals surface area contributed by atoms with Crippen molar-refractivity contribution in [3.05, 3.63) is 65.6 Å². The second kappa shape index (κ2) is 11.2. The molecule has 1 amide bonds. The van der Waals surface area contributed by atoms with Crippen LogP contribution in [0.1, 0.15) is 28.5 Å². The predicted molar refractivity (Wildman–Crippen MR) is 148 cm³/mol. The molecule has 3 heterocycles. The standard InChI is InChI=1S/C28H31F3N8O2/c1-5-37-8-10-38(11-9-37)22-13-21(14-23(15-22)41-28(29,30)31)33-27(40)20-7-6-18(2)26(12-20)39-17-25(34-35-39)24-16-32-36(4)19(24)3/h6-7,12-17H,5,8-11H2,1-4H3,(H,33,40). The van der Waals surface area contributed by atoms with Gasteiger partial charge in [-0.3, -0.25) is 9.48 Å². The van der Waals surface area contributed by atoms with Crippen LogP contribution in [-0.2, 0) is 7.05 Å². The average molecular weight is 569 g/mol. The lowest BCUT2D eigenvalue weighted by Gasteiger charge is -2.35. The Balaban J connectivity index is 1.40. The summed E-state index contributed by atoms with van der Waals surface area (Å²) in [4.78, 5) is 17.5. The summed E-state index contributed by atoms with van der Waals surface area (Å²) in [5.41, 5.74) is 4.96. The molecule has 1 aliphatic rings. The quantitative estimate of drug-likeness (QED) is 0.349. The first kappa shape index (κ1) is 28.1. The van der Waals surface area contributed by atoms with E-state index in [0.717, 1.165) is 36.5 Å². The first-order valence-corrected chi connectivity index (χ1v) is 13.2. The molecular formula is C28H31F3N8O2. The van der Waals surface area contributed by atoms with Gasteiger partial charge in [0.05, 0.1) is 18.1 Å². The summed E-state index contributed by atoms with van der Waals surface area (Å²) in [5, 5.41) is 15.5. The first-order valence-electron chi connectivity index (χ1n) is 13.2. The number of piperazine rings is 1. The number of ether oxygens (including phenoxy) is 1. The van der Waals surface area contributed by atoms with Crippen LogP contribution >= 0.6 is 0 Å². The zero-order valence-corrected chi connectivity index (χ0v) is 23.2. The molecule has 10 nitrogen and oxygen atoms in total.